The average Bonchev–Trinajstić information content (AvgIpc) is 2.74. The van der Waals surface area contributed by atoms with Crippen molar-refractivity contribution in [2.45, 2.75) is 12.8 Å². The van der Waals surface area contributed by atoms with Gasteiger partial charge in [0.15, 0.2) is 10.9 Å². The van der Waals surface area contributed by atoms with E-state index in [1.54, 1.807) is 42.5 Å². The Balaban J connectivity index is 1.74. The van der Waals surface area contributed by atoms with E-state index in [1.165, 1.54) is 19.2 Å². The number of anilines is 2. The van der Waals surface area contributed by atoms with Crippen LogP contribution in [0.4, 0.5) is 21.5 Å². The van der Waals surface area contributed by atoms with Gasteiger partial charge in [0.2, 0.25) is 0 Å². The minimum Gasteiger partial charge on any atom is -0.478 e. The lowest BCUT2D eigenvalue weighted by Gasteiger charge is -2.12. The van der Waals surface area contributed by atoms with E-state index in [4.69, 9.17) is 0 Å². The van der Waals surface area contributed by atoms with E-state index < -0.39 is 16.8 Å². The summed E-state index contributed by atoms with van der Waals surface area (Å²) in [7, 11) is -0.706. The van der Waals surface area contributed by atoms with Crippen molar-refractivity contribution in [3.05, 3.63) is 89.2 Å². The Morgan fingerprint density at radius 3 is 2.30 bits per heavy atom. The zero-order valence-electron chi connectivity index (χ0n) is 16.2. The van der Waals surface area contributed by atoms with Crippen LogP contribution in [0.3, 0.4) is 0 Å². The van der Waals surface area contributed by atoms with Gasteiger partial charge in [0, 0.05) is 5.69 Å². The molecular formula is C22H21FN2O4S. The first-order chi connectivity index (χ1) is 14.4. The number of halogens is 1. The topological polar surface area (TPSA) is 88.0 Å². The Bertz CT molecular complexity index is 1110. The second-order valence-electron chi connectivity index (χ2n) is 6.50. The predicted molar refractivity (Wildman–Crippen MR) is 116 cm³/mol. The van der Waals surface area contributed by atoms with Gasteiger partial charge in [0.1, 0.15) is 5.82 Å². The lowest BCUT2D eigenvalue weighted by molar-refractivity contribution is 0.0698. The lowest BCUT2D eigenvalue weighted by atomic mass is 10.0. The number of hydrogen-bond acceptors (Lipinski definition) is 5. The van der Waals surface area contributed by atoms with E-state index in [-0.39, 0.29) is 11.4 Å². The molecule has 8 heteroatoms. The number of rotatable bonds is 8. The van der Waals surface area contributed by atoms with Gasteiger partial charge in [-0.3, -0.25) is 4.18 Å². The van der Waals surface area contributed by atoms with Gasteiger partial charge in [-0.25, -0.2) is 13.4 Å². The molecule has 0 bridgehead atoms. The quantitative estimate of drug-likeness (QED) is 0.444. The van der Waals surface area contributed by atoms with Crippen molar-refractivity contribution >= 4 is 33.9 Å². The van der Waals surface area contributed by atoms with Crippen LogP contribution in [0.15, 0.2) is 71.1 Å². The van der Waals surface area contributed by atoms with Crippen LogP contribution in [-0.4, -0.2) is 22.4 Å². The molecule has 6 nitrogen and oxygen atoms in total. The number of aryl methyl sites for hydroxylation is 2. The molecule has 0 aliphatic carbocycles. The second-order valence-corrected chi connectivity index (χ2v) is 7.54. The highest BCUT2D eigenvalue weighted by molar-refractivity contribution is 7.69. The fraction of sp³-hybridized carbons (Fsp3) is 0.136. The van der Waals surface area contributed by atoms with Crippen molar-refractivity contribution in [2.75, 3.05) is 12.4 Å². The summed E-state index contributed by atoms with van der Waals surface area (Å²) < 4.78 is 33.0. The number of benzene rings is 3. The molecule has 3 rings (SSSR count). The summed E-state index contributed by atoms with van der Waals surface area (Å²) in [6.07, 6.45) is 1.43. The summed E-state index contributed by atoms with van der Waals surface area (Å²) in [6.45, 7) is 0. The molecule has 0 saturated carbocycles. The van der Waals surface area contributed by atoms with Gasteiger partial charge in [0.05, 0.1) is 24.0 Å². The minimum absolute atomic E-state index is 0.140. The van der Waals surface area contributed by atoms with Crippen molar-refractivity contribution in [1.82, 2.24) is 0 Å². The van der Waals surface area contributed by atoms with E-state index >= 15 is 0 Å². The Morgan fingerprint density at radius 2 is 1.67 bits per heavy atom. The number of carboxylic acid groups (broad SMARTS) is 1. The predicted octanol–water partition coefficient (Wildman–Crippen LogP) is 4.91. The lowest BCUT2D eigenvalue weighted by Crippen LogP contribution is -2.04. The first-order valence-corrected chi connectivity index (χ1v) is 10.3. The third-order valence-corrected chi connectivity index (χ3v) is 5.14. The maximum Gasteiger partial charge on any atom is 0.337 e. The van der Waals surface area contributed by atoms with Crippen molar-refractivity contribution < 1.29 is 22.7 Å². The molecule has 156 valence electrons. The highest BCUT2D eigenvalue weighted by Gasteiger charge is 2.11. The Hall–Kier alpha value is -3.23. The van der Waals surface area contributed by atoms with E-state index in [2.05, 4.69) is 13.9 Å². The van der Waals surface area contributed by atoms with Crippen LogP contribution in [0.25, 0.3) is 0 Å². The van der Waals surface area contributed by atoms with E-state index in [0.717, 1.165) is 17.5 Å². The molecule has 0 spiro atoms. The molecule has 0 aliphatic heterocycles. The monoisotopic (exact) mass is 428 g/mol. The molecule has 3 aromatic rings. The molecule has 0 aliphatic rings. The summed E-state index contributed by atoms with van der Waals surface area (Å²) >= 11 is 0. The fourth-order valence-electron chi connectivity index (χ4n) is 2.88. The van der Waals surface area contributed by atoms with Gasteiger partial charge >= 0.3 is 5.97 Å². The number of aromatic carboxylic acids is 1. The van der Waals surface area contributed by atoms with E-state index in [9.17, 15) is 18.5 Å². The van der Waals surface area contributed by atoms with Crippen LogP contribution >= 0.6 is 0 Å². The molecule has 2 N–H and O–H groups in total. The Morgan fingerprint density at radius 1 is 1.03 bits per heavy atom. The van der Waals surface area contributed by atoms with Gasteiger partial charge in [-0.1, -0.05) is 18.2 Å². The van der Waals surface area contributed by atoms with Gasteiger partial charge in [-0.15, -0.1) is 0 Å². The maximum absolute atomic E-state index is 13.1. The summed E-state index contributed by atoms with van der Waals surface area (Å²) in [4.78, 5) is 11.5. The fourth-order valence-corrected chi connectivity index (χ4v) is 3.28. The van der Waals surface area contributed by atoms with E-state index in [0.29, 0.717) is 23.5 Å². The molecule has 30 heavy (non-hydrogen) atoms. The molecule has 0 heterocycles. The van der Waals surface area contributed by atoms with Crippen molar-refractivity contribution in [2.24, 2.45) is 4.36 Å². The number of thiol groups is 1. The number of carboxylic acids is 1. The number of nitrogens with zero attached hydrogens (tertiary/aromatic N) is 1. The van der Waals surface area contributed by atoms with Crippen LogP contribution in [0.1, 0.15) is 21.5 Å². The standard InChI is InChI=1S/C22H21FN2O4S/c1-29-30(28)25-19-9-4-15(5-10-19)2-3-16-6-13-20(22(26)27)21(14-16)24-18-11-7-17(23)8-12-18/h4-14,24,30H,2-3H2,1H3,(H,26,27). The second kappa shape index (κ2) is 10.00. The first kappa shape index (κ1) is 21.5. The average molecular weight is 428 g/mol. The van der Waals surface area contributed by atoms with Crippen molar-refractivity contribution in [1.29, 1.82) is 0 Å². The Labute approximate surface area is 175 Å². The molecule has 0 amide bonds. The molecule has 1 atom stereocenters. The van der Waals surface area contributed by atoms with Gasteiger partial charge < -0.3 is 10.4 Å². The highest BCUT2D eigenvalue weighted by atomic mass is 32.2. The van der Waals surface area contributed by atoms with Gasteiger partial charge in [-0.2, -0.15) is 4.36 Å². The van der Waals surface area contributed by atoms with Crippen molar-refractivity contribution in [3.8, 4) is 0 Å². The molecular weight excluding hydrogens is 407 g/mol. The third kappa shape index (κ3) is 5.88. The summed E-state index contributed by atoms with van der Waals surface area (Å²) in [5.41, 5.74) is 3.80. The molecule has 0 radical (unpaired) electrons. The van der Waals surface area contributed by atoms with Gasteiger partial charge in [0.25, 0.3) is 0 Å². The number of nitrogens with one attached hydrogen (secondary N) is 1. The number of hydrogen-bond donors (Lipinski definition) is 3. The van der Waals surface area contributed by atoms with Crippen LogP contribution in [0.2, 0.25) is 0 Å². The maximum atomic E-state index is 13.1. The smallest absolute Gasteiger partial charge is 0.337 e. The zero-order chi connectivity index (χ0) is 21.5. The van der Waals surface area contributed by atoms with Crippen LogP contribution in [-0.2, 0) is 27.9 Å². The summed E-state index contributed by atoms with van der Waals surface area (Å²) in [6, 6.07) is 18.2. The molecule has 0 aromatic heterocycles. The third-order valence-electron chi connectivity index (χ3n) is 4.43. The molecule has 0 saturated heterocycles. The summed E-state index contributed by atoms with van der Waals surface area (Å²) in [5.74, 6) is -1.40. The first-order valence-electron chi connectivity index (χ1n) is 9.15. The van der Waals surface area contributed by atoms with Crippen LogP contribution in [0, 0.1) is 5.82 Å². The van der Waals surface area contributed by atoms with Crippen LogP contribution in [0.5, 0.6) is 0 Å². The SMILES string of the molecule is CO[SH](=O)=Nc1ccc(CCc2ccc(C(=O)O)c(Nc3ccc(F)cc3)c2)cc1. The summed E-state index contributed by atoms with van der Waals surface area (Å²) in [5, 5.41) is 12.5. The minimum atomic E-state index is -2.04. The number of carbonyl (C=O) groups is 1. The van der Waals surface area contributed by atoms with Gasteiger partial charge in [-0.05, 0) is 72.5 Å². The largest absolute Gasteiger partial charge is 0.478 e. The molecule has 1 unspecified atom stereocenters. The highest BCUT2D eigenvalue weighted by Crippen LogP contribution is 2.24. The normalized spacial score (nSPS) is 11.9. The Kier molecular flexibility index (Phi) is 7.16. The van der Waals surface area contributed by atoms with E-state index in [1.807, 2.05) is 12.1 Å². The zero-order valence-corrected chi connectivity index (χ0v) is 17.1. The van der Waals surface area contributed by atoms with Crippen LogP contribution < -0.4 is 5.32 Å². The molecule has 3 aromatic carbocycles. The molecule has 0 fully saturated rings. The van der Waals surface area contributed by atoms with Crippen molar-refractivity contribution in [3.63, 3.8) is 0 Å².